The quantitative estimate of drug-likeness (QED) is 0.633. The van der Waals surface area contributed by atoms with Crippen molar-refractivity contribution in [3.05, 3.63) is 58.3 Å². The summed E-state index contributed by atoms with van der Waals surface area (Å²) in [5, 5.41) is 1.82. The average Bonchev–Trinajstić information content (AvgIpc) is 3.27. The third-order valence-corrected chi connectivity index (χ3v) is 8.16. The molecule has 9 heteroatoms. The Balaban J connectivity index is 1.89. The van der Waals surface area contributed by atoms with Crippen LogP contribution in [-0.2, 0) is 29.1 Å². The number of hydrogen-bond acceptors (Lipinski definition) is 7. The monoisotopic (exact) mass is 461 g/mol. The van der Waals surface area contributed by atoms with E-state index in [0.717, 1.165) is 5.56 Å². The Kier molecular flexibility index (Phi) is 5.90. The Morgan fingerprint density at radius 1 is 1.26 bits per heavy atom. The molecule has 1 aromatic carbocycles. The van der Waals surface area contributed by atoms with E-state index in [-0.39, 0.29) is 17.9 Å². The van der Waals surface area contributed by atoms with Gasteiger partial charge in [-0.3, -0.25) is 9.59 Å². The van der Waals surface area contributed by atoms with Gasteiger partial charge in [0.25, 0.3) is 10.0 Å². The molecule has 1 saturated heterocycles. The van der Waals surface area contributed by atoms with Crippen LogP contribution in [0.25, 0.3) is 5.70 Å². The van der Waals surface area contributed by atoms with Crippen molar-refractivity contribution in [1.29, 1.82) is 0 Å². The molecule has 164 valence electrons. The lowest BCUT2D eigenvalue weighted by molar-refractivity contribution is -0.173. The summed E-state index contributed by atoms with van der Waals surface area (Å²) < 4.78 is 39.5. The molecular weight excluding hydrogens is 438 g/mol. The molecule has 4 rings (SSSR count). The second kappa shape index (κ2) is 8.47. The minimum atomic E-state index is -4.07. The Hall–Kier alpha value is -2.65. The lowest BCUT2D eigenvalue weighted by Crippen LogP contribution is -2.54. The number of benzene rings is 1. The molecule has 2 aliphatic heterocycles. The highest BCUT2D eigenvalue weighted by Crippen LogP contribution is 2.45. The first-order valence-corrected chi connectivity index (χ1v) is 12.4. The smallest absolute Gasteiger partial charge is 0.313 e. The molecule has 7 nitrogen and oxygen atoms in total. The molecular formula is C22H23NO6S2. The summed E-state index contributed by atoms with van der Waals surface area (Å²) in [4.78, 5) is 25.7. The van der Waals surface area contributed by atoms with Crippen LogP contribution < -0.4 is 0 Å². The molecule has 3 atom stereocenters. The van der Waals surface area contributed by atoms with E-state index in [1.165, 1.54) is 27.8 Å². The normalized spacial score (nSPS) is 23.5. The summed E-state index contributed by atoms with van der Waals surface area (Å²) in [7, 11) is -4.07. The van der Waals surface area contributed by atoms with E-state index in [4.69, 9.17) is 9.47 Å². The number of hydrogen-bond donors (Lipinski definition) is 0. The van der Waals surface area contributed by atoms with E-state index < -0.39 is 40.0 Å². The van der Waals surface area contributed by atoms with Crippen molar-refractivity contribution < 1.29 is 27.5 Å². The number of esters is 2. The molecule has 0 bridgehead atoms. The lowest BCUT2D eigenvalue weighted by Gasteiger charge is -2.45. The second-order valence-corrected chi connectivity index (χ2v) is 10.3. The minimum absolute atomic E-state index is 0.0931. The first-order chi connectivity index (χ1) is 14.8. The number of aryl methyl sites for hydroxylation is 1. The van der Waals surface area contributed by atoms with Gasteiger partial charge in [-0.05, 0) is 49.9 Å². The van der Waals surface area contributed by atoms with Crippen LogP contribution in [0.15, 0.2) is 52.7 Å². The van der Waals surface area contributed by atoms with E-state index in [0.29, 0.717) is 17.0 Å². The van der Waals surface area contributed by atoms with Gasteiger partial charge in [0.15, 0.2) is 6.23 Å². The van der Waals surface area contributed by atoms with Crippen molar-refractivity contribution in [3.8, 4) is 0 Å². The van der Waals surface area contributed by atoms with Gasteiger partial charge in [0.05, 0.1) is 28.0 Å². The SMILES string of the molecule is CCOC(=O)[C@H]1C=C(c2cccs2)N(S(=O)(=O)c2ccc(C)cc2)[C@@H]2OC(=O)CC[C@H]12. The van der Waals surface area contributed by atoms with Gasteiger partial charge in [-0.15, -0.1) is 11.3 Å². The van der Waals surface area contributed by atoms with Crippen LogP contribution in [0.5, 0.6) is 0 Å². The predicted octanol–water partition coefficient (Wildman–Crippen LogP) is 3.56. The van der Waals surface area contributed by atoms with E-state index in [1.54, 1.807) is 37.3 Å². The van der Waals surface area contributed by atoms with E-state index in [9.17, 15) is 18.0 Å². The Morgan fingerprint density at radius 3 is 2.65 bits per heavy atom. The summed E-state index contributed by atoms with van der Waals surface area (Å²) in [5.41, 5.74) is 1.25. The van der Waals surface area contributed by atoms with Crippen LogP contribution in [-0.4, -0.2) is 37.5 Å². The molecule has 31 heavy (non-hydrogen) atoms. The topological polar surface area (TPSA) is 90.0 Å². The van der Waals surface area contributed by atoms with Crippen LogP contribution in [0.3, 0.4) is 0 Å². The number of carbonyl (C=O) groups is 2. The zero-order valence-electron chi connectivity index (χ0n) is 17.2. The molecule has 0 saturated carbocycles. The van der Waals surface area contributed by atoms with Gasteiger partial charge >= 0.3 is 11.9 Å². The van der Waals surface area contributed by atoms with Gasteiger partial charge in [0, 0.05) is 12.3 Å². The van der Waals surface area contributed by atoms with Crippen LogP contribution in [0, 0.1) is 18.8 Å². The second-order valence-electron chi connectivity index (χ2n) is 7.50. The molecule has 3 heterocycles. The van der Waals surface area contributed by atoms with Gasteiger partial charge in [-0.25, -0.2) is 12.7 Å². The third-order valence-electron chi connectivity index (χ3n) is 5.48. The number of rotatable bonds is 5. The minimum Gasteiger partial charge on any atom is -0.466 e. The first-order valence-electron chi connectivity index (χ1n) is 10.1. The number of sulfonamides is 1. The van der Waals surface area contributed by atoms with Crippen molar-refractivity contribution in [2.75, 3.05) is 6.61 Å². The van der Waals surface area contributed by atoms with Gasteiger partial charge in [0.2, 0.25) is 0 Å². The first kappa shape index (κ1) is 21.6. The van der Waals surface area contributed by atoms with Crippen molar-refractivity contribution in [3.63, 3.8) is 0 Å². The third kappa shape index (κ3) is 3.99. The summed E-state index contributed by atoms with van der Waals surface area (Å²) >= 11 is 1.35. The Morgan fingerprint density at radius 2 is 2.00 bits per heavy atom. The molecule has 0 amide bonds. The predicted molar refractivity (Wildman–Crippen MR) is 115 cm³/mol. The molecule has 1 aromatic heterocycles. The van der Waals surface area contributed by atoms with E-state index >= 15 is 0 Å². The zero-order chi connectivity index (χ0) is 22.2. The number of nitrogens with zero attached hydrogens (tertiary/aromatic N) is 1. The van der Waals surface area contributed by atoms with Crippen LogP contribution in [0.1, 0.15) is 30.2 Å². The van der Waals surface area contributed by atoms with Crippen LogP contribution in [0.2, 0.25) is 0 Å². The summed E-state index contributed by atoms with van der Waals surface area (Å²) in [6.45, 7) is 3.80. The number of thiophene rings is 1. The Bertz CT molecular complexity index is 1110. The maximum Gasteiger partial charge on any atom is 0.313 e. The fraction of sp³-hybridized carbons (Fsp3) is 0.364. The number of ether oxygens (including phenoxy) is 2. The summed E-state index contributed by atoms with van der Waals surface area (Å²) in [6, 6.07) is 10.1. The standard InChI is InChI=1S/C22H23NO6S2/c1-3-28-22(25)17-13-18(19-5-4-12-30-19)23(21-16(17)10-11-20(24)29-21)31(26,27)15-8-6-14(2)7-9-15/h4-9,12-13,16-17,21H,3,10-11H2,1-2H3/t16-,17+,21-/m1/s1. The molecule has 0 unspecified atom stereocenters. The van der Waals surface area contributed by atoms with Gasteiger partial charge in [0.1, 0.15) is 0 Å². The molecule has 0 spiro atoms. The van der Waals surface area contributed by atoms with Gasteiger partial charge in [-0.2, -0.15) is 0 Å². The zero-order valence-corrected chi connectivity index (χ0v) is 18.8. The van der Waals surface area contributed by atoms with Crippen molar-refractivity contribution in [1.82, 2.24) is 4.31 Å². The van der Waals surface area contributed by atoms with Gasteiger partial charge in [-0.1, -0.05) is 23.8 Å². The Labute approximate surface area is 185 Å². The molecule has 1 fully saturated rings. The lowest BCUT2D eigenvalue weighted by atomic mass is 9.82. The molecule has 2 aromatic rings. The van der Waals surface area contributed by atoms with Crippen molar-refractivity contribution >= 4 is 39.0 Å². The highest BCUT2D eigenvalue weighted by molar-refractivity contribution is 7.89. The highest BCUT2D eigenvalue weighted by atomic mass is 32.2. The van der Waals surface area contributed by atoms with Crippen molar-refractivity contribution in [2.45, 2.75) is 37.8 Å². The maximum absolute atomic E-state index is 13.8. The highest BCUT2D eigenvalue weighted by Gasteiger charge is 2.51. The van der Waals surface area contributed by atoms with Gasteiger partial charge < -0.3 is 9.47 Å². The molecule has 2 aliphatic rings. The fourth-order valence-electron chi connectivity index (χ4n) is 3.98. The summed E-state index contributed by atoms with van der Waals surface area (Å²) in [6.07, 6.45) is 0.985. The molecule has 0 radical (unpaired) electrons. The summed E-state index contributed by atoms with van der Waals surface area (Å²) in [5.74, 6) is -2.17. The van der Waals surface area contributed by atoms with Crippen molar-refractivity contribution in [2.24, 2.45) is 11.8 Å². The maximum atomic E-state index is 13.8. The van der Waals surface area contributed by atoms with E-state index in [1.807, 2.05) is 12.3 Å². The van der Waals surface area contributed by atoms with E-state index in [2.05, 4.69) is 0 Å². The average molecular weight is 462 g/mol. The number of carbonyl (C=O) groups excluding carboxylic acids is 2. The van der Waals surface area contributed by atoms with Crippen LogP contribution in [0.4, 0.5) is 0 Å². The van der Waals surface area contributed by atoms with Crippen LogP contribution >= 0.6 is 11.3 Å². The largest absolute Gasteiger partial charge is 0.466 e. The molecule has 0 aliphatic carbocycles. The number of fused-ring (bicyclic) bond motifs is 1. The molecule has 0 N–H and O–H groups in total. The fourth-order valence-corrected chi connectivity index (χ4v) is 6.38.